The third kappa shape index (κ3) is 3.91. The number of rotatable bonds is 5. The van der Waals surface area contributed by atoms with E-state index in [4.69, 9.17) is 9.15 Å². The predicted molar refractivity (Wildman–Crippen MR) is 110 cm³/mol. The van der Waals surface area contributed by atoms with Gasteiger partial charge in [0.25, 0.3) is 0 Å². The Hall–Kier alpha value is -2.59. The van der Waals surface area contributed by atoms with Crippen LogP contribution in [0.4, 0.5) is 0 Å². The van der Waals surface area contributed by atoms with Gasteiger partial charge < -0.3 is 9.15 Å². The molecule has 2 aromatic carbocycles. The first-order valence-electron chi connectivity index (χ1n) is 9.15. The zero-order valence-electron chi connectivity index (χ0n) is 17.0. The van der Waals surface area contributed by atoms with Crippen LogP contribution in [0.25, 0.3) is 11.0 Å². The lowest BCUT2D eigenvalue weighted by Crippen LogP contribution is -2.19. The predicted octanol–water partition coefficient (Wildman–Crippen LogP) is 4.67. The van der Waals surface area contributed by atoms with Crippen molar-refractivity contribution in [2.24, 2.45) is 0 Å². The minimum Gasteiger partial charge on any atom is -0.496 e. The number of methoxy groups -OCH3 is 1. The molecule has 142 valence electrons. The summed E-state index contributed by atoms with van der Waals surface area (Å²) in [7, 11) is 3.77. The maximum atomic E-state index is 12.1. The molecule has 3 aromatic rings. The van der Waals surface area contributed by atoms with E-state index in [9.17, 15) is 4.79 Å². The zero-order chi connectivity index (χ0) is 19.7. The fourth-order valence-corrected chi connectivity index (χ4v) is 3.77. The smallest absolute Gasteiger partial charge is 0.336 e. The maximum Gasteiger partial charge on any atom is 0.336 e. The summed E-state index contributed by atoms with van der Waals surface area (Å²) >= 11 is 0. The molecule has 0 unspecified atom stereocenters. The van der Waals surface area contributed by atoms with Crippen LogP contribution in [0.3, 0.4) is 0 Å². The first-order chi connectivity index (χ1) is 12.8. The van der Waals surface area contributed by atoms with Crippen molar-refractivity contribution in [2.75, 3.05) is 14.2 Å². The Morgan fingerprint density at radius 1 is 0.963 bits per heavy atom. The molecule has 0 bridgehead atoms. The van der Waals surface area contributed by atoms with E-state index < -0.39 is 0 Å². The van der Waals surface area contributed by atoms with E-state index in [-0.39, 0.29) is 5.63 Å². The van der Waals surface area contributed by atoms with Crippen LogP contribution in [0.5, 0.6) is 5.75 Å². The molecule has 1 aromatic heterocycles. The Kier molecular flexibility index (Phi) is 5.38. The van der Waals surface area contributed by atoms with Crippen molar-refractivity contribution in [3.8, 4) is 5.75 Å². The highest BCUT2D eigenvalue weighted by Gasteiger charge is 2.12. The van der Waals surface area contributed by atoms with Gasteiger partial charge in [-0.05, 0) is 68.1 Å². The molecule has 0 spiro atoms. The summed E-state index contributed by atoms with van der Waals surface area (Å²) in [6.07, 6.45) is 0. The molecular formula is C23H27NO3. The number of nitrogens with zero attached hydrogens (tertiary/aromatic N) is 1. The van der Waals surface area contributed by atoms with Crippen LogP contribution in [0, 0.1) is 27.7 Å². The number of aryl methyl sites for hydroxylation is 4. The van der Waals surface area contributed by atoms with E-state index in [0.29, 0.717) is 12.1 Å². The number of fused-ring (bicyclic) bond motifs is 1. The van der Waals surface area contributed by atoms with E-state index in [2.05, 4.69) is 44.0 Å². The lowest BCUT2D eigenvalue weighted by atomic mass is 10.0. The first-order valence-corrected chi connectivity index (χ1v) is 9.15. The van der Waals surface area contributed by atoms with Crippen LogP contribution in [0.1, 0.15) is 33.4 Å². The van der Waals surface area contributed by atoms with Crippen molar-refractivity contribution in [3.05, 3.63) is 74.1 Å². The summed E-state index contributed by atoms with van der Waals surface area (Å²) in [5, 5.41) is 1.01. The van der Waals surface area contributed by atoms with Crippen LogP contribution in [-0.4, -0.2) is 19.1 Å². The van der Waals surface area contributed by atoms with Gasteiger partial charge in [0.05, 0.1) is 7.11 Å². The second-order valence-corrected chi connectivity index (χ2v) is 7.41. The highest BCUT2D eigenvalue weighted by Crippen LogP contribution is 2.26. The Bertz CT molecular complexity index is 1030. The summed E-state index contributed by atoms with van der Waals surface area (Å²) in [5.41, 5.74) is 7.05. The Morgan fingerprint density at radius 2 is 1.63 bits per heavy atom. The quantitative estimate of drug-likeness (QED) is 0.617. The summed E-state index contributed by atoms with van der Waals surface area (Å²) in [6, 6.07) is 10.1. The molecular weight excluding hydrogens is 338 g/mol. The molecule has 0 amide bonds. The molecule has 0 aliphatic carbocycles. The minimum absolute atomic E-state index is 0.296. The highest BCUT2D eigenvalue weighted by molar-refractivity contribution is 5.83. The Labute approximate surface area is 160 Å². The number of benzene rings is 2. The van der Waals surface area contributed by atoms with E-state index in [1.807, 2.05) is 19.9 Å². The van der Waals surface area contributed by atoms with Crippen molar-refractivity contribution in [1.29, 1.82) is 0 Å². The van der Waals surface area contributed by atoms with Crippen LogP contribution in [0.2, 0.25) is 0 Å². The zero-order valence-corrected chi connectivity index (χ0v) is 17.0. The van der Waals surface area contributed by atoms with Gasteiger partial charge in [0.15, 0.2) is 0 Å². The molecule has 0 radical (unpaired) electrons. The van der Waals surface area contributed by atoms with E-state index in [1.165, 1.54) is 5.56 Å². The van der Waals surface area contributed by atoms with Crippen LogP contribution in [-0.2, 0) is 13.1 Å². The summed E-state index contributed by atoms with van der Waals surface area (Å²) in [5.74, 6) is 0.943. The third-order valence-electron chi connectivity index (χ3n) is 5.13. The lowest BCUT2D eigenvalue weighted by Gasteiger charge is -2.19. The van der Waals surface area contributed by atoms with Gasteiger partial charge in [-0.2, -0.15) is 0 Å². The Balaban J connectivity index is 1.90. The second kappa shape index (κ2) is 7.57. The fraction of sp³-hybridized carbons (Fsp3) is 0.348. The van der Waals surface area contributed by atoms with Gasteiger partial charge in [-0.25, -0.2) is 4.79 Å². The number of hydrogen-bond acceptors (Lipinski definition) is 4. The van der Waals surface area contributed by atoms with E-state index in [0.717, 1.165) is 45.5 Å². The maximum absolute atomic E-state index is 12.1. The normalized spacial score (nSPS) is 11.4. The van der Waals surface area contributed by atoms with Gasteiger partial charge in [0.1, 0.15) is 11.3 Å². The first kappa shape index (κ1) is 19.2. The van der Waals surface area contributed by atoms with Crippen molar-refractivity contribution >= 4 is 11.0 Å². The average molecular weight is 365 g/mol. The summed E-state index contributed by atoms with van der Waals surface area (Å²) in [6.45, 7) is 9.62. The molecule has 1 heterocycles. The van der Waals surface area contributed by atoms with Crippen molar-refractivity contribution in [2.45, 2.75) is 40.8 Å². The van der Waals surface area contributed by atoms with Crippen LogP contribution < -0.4 is 10.4 Å². The molecule has 0 fully saturated rings. The topological polar surface area (TPSA) is 42.7 Å². The fourth-order valence-electron chi connectivity index (χ4n) is 3.77. The monoisotopic (exact) mass is 365 g/mol. The molecule has 0 N–H and O–H groups in total. The van der Waals surface area contributed by atoms with Gasteiger partial charge in [0, 0.05) is 24.5 Å². The molecule has 27 heavy (non-hydrogen) atoms. The van der Waals surface area contributed by atoms with Gasteiger partial charge in [0.2, 0.25) is 0 Å². The standard InChI is InChI=1S/C23H27NO3/c1-14-7-8-20-19(11-21(25)27-23(20)17(14)4)13-24(5)12-18-9-15(2)22(26-6)16(3)10-18/h7-11H,12-13H2,1-6H3. The van der Waals surface area contributed by atoms with Crippen molar-refractivity contribution in [1.82, 2.24) is 4.90 Å². The molecule has 0 aliphatic heterocycles. The number of ether oxygens (including phenoxy) is 1. The molecule has 0 atom stereocenters. The average Bonchev–Trinajstić information content (AvgIpc) is 2.58. The van der Waals surface area contributed by atoms with E-state index in [1.54, 1.807) is 13.2 Å². The summed E-state index contributed by atoms with van der Waals surface area (Å²) < 4.78 is 10.9. The van der Waals surface area contributed by atoms with Gasteiger partial charge in [-0.15, -0.1) is 0 Å². The largest absolute Gasteiger partial charge is 0.496 e. The SMILES string of the molecule is COc1c(C)cc(CN(C)Cc2cc(=O)oc3c(C)c(C)ccc23)cc1C. The highest BCUT2D eigenvalue weighted by atomic mass is 16.5. The third-order valence-corrected chi connectivity index (χ3v) is 5.13. The molecule has 0 aliphatic rings. The van der Waals surface area contributed by atoms with Crippen molar-refractivity contribution in [3.63, 3.8) is 0 Å². The van der Waals surface area contributed by atoms with Gasteiger partial charge in [-0.3, -0.25) is 4.90 Å². The molecule has 3 rings (SSSR count). The minimum atomic E-state index is -0.296. The van der Waals surface area contributed by atoms with Gasteiger partial charge in [-0.1, -0.05) is 24.3 Å². The van der Waals surface area contributed by atoms with Crippen molar-refractivity contribution < 1.29 is 9.15 Å². The Morgan fingerprint density at radius 3 is 2.26 bits per heavy atom. The lowest BCUT2D eigenvalue weighted by molar-refractivity contribution is 0.319. The molecule has 0 saturated heterocycles. The van der Waals surface area contributed by atoms with Crippen LogP contribution >= 0.6 is 0 Å². The molecule has 0 saturated carbocycles. The van der Waals surface area contributed by atoms with Crippen LogP contribution in [0.15, 0.2) is 39.5 Å². The number of hydrogen-bond donors (Lipinski definition) is 0. The molecule has 4 nitrogen and oxygen atoms in total. The summed E-state index contributed by atoms with van der Waals surface area (Å²) in [4.78, 5) is 14.3. The molecule has 4 heteroatoms. The van der Waals surface area contributed by atoms with E-state index >= 15 is 0 Å². The van der Waals surface area contributed by atoms with Gasteiger partial charge >= 0.3 is 5.63 Å². The second-order valence-electron chi connectivity index (χ2n) is 7.41.